The minimum Gasteiger partial charge on any atom is -0.368 e. The van der Waals surface area contributed by atoms with Crippen LogP contribution in [-0.4, -0.2) is 11.9 Å². The third kappa shape index (κ3) is 3.64. The lowest BCUT2D eigenvalue weighted by Crippen LogP contribution is -2.39. The SMILES string of the molecule is CC(N[C@H](C)c1ccc(Br)cc1)C(N)=O. The average molecular weight is 271 g/mol. The van der Waals surface area contributed by atoms with Crippen LogP contribution in [0.3, 0.4) is 0 Å². The molecule has 1 unspecified atom stereocenters. The molecule has 0 aliphatic heterocycles. The first-order chi connectivity index (χ1) is 7.00. The third-order valence-electron chi connectivity index (χ3n) is 2.30. The van der Waals surface area contributed by atoms with Gasteiger partial charge >= 0.3 is 0 Å². The van der Waals surface area contributed by atoms with Gasteiger partial charge in [0.05, 0.1) is 6.04 Å². The molecule has 0 radical (unpaired) electrons. The summed E-state index contributed by atoms with van der Waals surface area (Å²) >= 11 is 3.37. The number of benzene rings is 1. The standard InChI is InChI=1S/C11H15BrN2O/c1-7(14-8(2)11(13)15)9-3-5-10(12)6-4-9/h3-8,14H,1-2H3,(H2,13,15)/t7-,8?/m1/s1. The molecule has 0 aromatic heterocycles. The summed E-state index contributed by atoms with van der Waals surface area (Å²) in [7, 11) is 0. The predicted octanol–water partition coefficient (Wildman–Crippen LogP) is 1.97. The fourth-order valence-electron chi connectivity index (χ4n) is 1.30. The van der Waals surface area contributed by atoms with Gasteiger partial charge in [-0.3, -0.25) is 10.1 Å². The van der Waals surface area contributed by atoms with Crippen LogP contribution in [0, 0.1) is 0 Å². The molecule has 82 valence electrons. The molecule has 3 nitrogen and oxygen atoms in total. The van der Waals surface area contributed by atoms with Crippen LogP contribution in [0.2, 0.25) is 0 Å². The molecule has 3 N–H and O–H groups in total. The van der Waals surface area contributed by atoms with Gasteiger partial charge in [-0.15, -0.1) is 0 Å². The first kappa shape index (κ1) is 12.2. The number of hydrogen-bond acceptors (Lipinski definition) is 2. The van der Waals surface area contributed by atoms with E-state index in [1.165, 1.54) is 0 Å². The van der Waals surface area contributed by atoms with Gasteiger partial charge in [0.25, 0.3) is 0 Å². The van der Waals surface area contributed by atoms with E-state index in [0.29, 0.717) is 0 Å². The van der Waals surface area contributed by atoms with Crippen molar-refractivity contribution in [2.75, 3.05) is 0 Å². The van der Waals surface area contributed by atoms with Crippen molar-refractivity contribution >= 4 is 21.8 Å². The number of primary amides is 1. The van der Waals surface area contributed by atoms with E-state index in [4.69, 9.17) is 5.73 Å². The summed E-state index contributed by atoms with van der Waals surface area (Å²) in [6.07, 6.45) is 0. The molecule has 0 aliphatic carbocycles. The molecular formula is C11H15BrN2O. The van der Waals surface area contributed by atoms with Crippen molar-refractivity contribution in [3.05, 3.63) is 34.3 Å². The molecule has 1 aromatic carbocycles. The van der Waals surface area contributed by atoms with Crippen LogP contribution >= 0.6 is 15.9 Å². The highest BCUT2D eigenvalue weighted by molar-refractivity contribution is 9.10. The minimum atomic E-state index is -0.334. The van der Waals surface area contributed by atoms with Crippen LogP contribution < -0.4 is 11.1 Å². The topological polar surface area (TPSA) is 55.1 Å². The highest BCUT2D eigenvalue weighted by Gasteiger charge is 2.12. The second-order valence-corrected chi connectivity index (χ2v) is 4.48. The van der Waals surface area contributed by atoms with Crippen molar-refractivity contribution in [3.8, 4) is 0 Å². The predicted molar refractivity (Wildman–Crippen MR) is 64.3 cm³/mol. The zero-order chi connectivity index (χ0) is 11.4. The van der Waals surface area contributed by atoms with E-state index in [9.17, 15) is 4.79 Å². The van der Waals surface area contributed by atoms with Crippen LogP contribution in [0.4, 0.5) is 0 Å². The van der Waals surface area contributed by atoms with Gasteiger partial charge in [0.15, 0.2) is 0 Å². The summed E-state index contributed by atoms with van der Waals surface area (Å²) in [6, 6.07) is 7.76. The number of nitrogens with one attached hydrogen (secondary N) is 1. The maximum atomic E-state index is 10.9. The van der Waals surface area contributed by atoms with Gasteiger partial charge in [-0.1, -0.05) is 28.1 Å². The van der Waals surface area contributed by atoms with Crippen molar-refractivity contribution in [1.29, 1.82) is 0 Å². The smallest absolute Gasteiger partial charge is 0.234 e. The highest BCUT2D eigenvalue weighted by atomic mass is 79.9. The molecule has 0 bridgehead atoms. The molecule has 0 fully saturated rings. The molecular weight excluding hydrogens is 256 g/mol. The summed E-state index contributed by atoms with van der Waals surface area (Å²) in [5, 5.41) is 3.13. The van der Waals surface area contributed by atoms with Crippen molar-refractivity contribution in [1.82, 2.24) is 5.32 Å². The van der Waals surface area contributed by atoms with Crippen LogP contribution in [0.15, 0.2) is 28.7 Å². The van der Waals surface area contributed by atoms with Gasteiger partial charge in [-0.05, 0) is 31.5 Å². The largest absolute Gasteiger partial charge is 0.368 e. The molecule has 4 heteroatoms. The Balaban J connectivity index is 2.64. The van der Waals surface area contributed by atoms with E-state index in [0.717, 1.165) is 10.0 Å². The Morgan fingerprint density at radius 3 is 2.33 bits per heavy atom. The fourth-order valence-corrected chi connectivity index (χ4v) is 1.57. The number of carbonyl (C=O) groups is 1. The molecule has 0 spiro atoms. The van der Waals surface area contributed by atoms with Gasteiger partial charge in [-0.25, -0.2) is 0 Å². The Morgan fingerprint density at radius 1 is 1.33 bits per heavy atom. The molecule has 0 saturated carbocycles. The second-order valence-electron chi connectivity index (χ2n) is 3.56. The van der Waals surface area contributed by atoms with Crippen LogP contribution in [0.1, 0.15) is 25.5 Å². The van der Waals surface area contributed by atoms with E-state index in [1.807, 2.05) is 31.2 Å². The summed E-state index contributed by atoms with van der Waals surface area (Å²) in [4.78, 5) is 10.9. The number of halogens is 1. The minimum absolute atomic E-state index is 0.112. The van der Waals surface area contributed by atoms with E-state index in [-0.39, 0.29) is 18.0 Å². The Labute approximate surface area is 98.2 Å². The van der Waals surface area contributed by atoms with Gasteiger partial charge in [0, 0.05) is 10.5 Å². The summed E-state index contributed by atoms with van der Waals surface area (Å²) in [6.45, 7) is 3.76. The Bertz CT molecular complexity index is 337. The maximum Gasteiger partial charge on any atom is 0.234 e. The van der Waals surface area contributed by atoms with E-state index < -0.39 is 0 Å². The fraction of sp³-hybridized carbons (Fsp3) is 0.364. The highest BCUT2D eigenvalue weighted by Crippen LogP contribution is 2.16. The number of nitrogens with two attached hydrogens (primary N) is 1. The summed E-state index contributed by atoms with van der Waals surface area (Å²) < 4.78 is 1.04. The molecule has 1 rings (SSSR count). The third-order valence-corrected chi connectivity index (χ3v) is 2.83. The van der Waals surface area contributed by atoms with Gasteiger partial charge in [0.2, 0.25) is 5.91 Å². The van der Waals surface area contributed by atoms with Crippen molar-refractivity contribution < 1.29 is 4.79 Å². The Hall–Kier alpha value is -0.870. The zero-order valence-electron chi connectivity index (χ0n) is 8.83. The van der Waals surface area contributed by atoms with E-state index >= 15 is 0 Å². The second kappa shape index (κ2) is 5.28. The number of amides is 1. The first-order valence-corrected chi connectivity index (χ1v) is 5.61. The quantitative estimate of drug-likeness (QED) is 0.879. The molecule has 1 aromatic rings. The maximum absolute atomic E-state index is 10.9. The van der Waals surface area contributed by atoms with Gasteiger partial charge in [-0.2, -0.15) is 0 Å². The average Bonchev–Trinajstić information content (AvgIpc) is 2.18. The molecule has 1 amide bonds. The van der Waals surface area contributed by atoms with Crippen molar-refractivity contribution in [2.45, 2.75) is 25.9 Å². The molecule has 0 saturated heterocycles. The molecule has 0 heterocycles. The monoisotopic (exact) mass is 270 g/mol. The first-order valence-electron chi connectivity index (χ1n) is 4.81. The van der Waals surface area contributed by atoms with E-state index in [1.54, 1.807) is 6.92 Å². The number of rotatable bonds is 4. The van der Waals surface area contributed by atoms with Gasteiger partial charge < -0.3 is 5.73 Å². The van der Waals surface area contributed by atoms with Crippen molar-refractivity contribution in [2.24, 2.45) is 5.73 Å². The lowest BCUT2D eigenvalue weighted by molar-refractivity contribution is -0.119. The van der Waals surface area contributed by atoms with Crippen LogP contribution in [0.5, 0.6) is 0 Å². The zero-order valence-corrected chi connectivity index (χ0v) is 10.4. The molecule has 0 aliphatic rings. The van der Waals surface area contributed by atoms with Crippen LogP contribution in [0.25, 0.3) is 0 Å². The Kier molecular flexibility index (Phi) is 4.29. The molecule has 2 atom stereocenters. The summed E-state index contributed by atoms with van der Waals surface area (Å²) in [5.74, 6) is -0.334. The Morgan fingerprint density at radius 2 is 1.87 bits per heavy atom. The molecule has 15 heavy (non-hydrogen) atoms. The number of hydrogen-bond donors (Lipinski definition) is 2. The lowest BCUT2D eigenvalue weighted by atomic mass is 10.1. The van der Waals surface area contributed by atoms with E-state index in [2.05, 4.69) is 21.2 Å². The number of carbonyl (C=O) groups excluding carboxylic acids is 1. The van der Waals surface area contributed by atoms with Crippen LogP contribution in [-0.2, 0) is 4.79 Å². The van der Waals surface area contributed by atoms with Crippen molar-refractivity contribution in [3.63, 3.8) is 0 Å². The summed E-state index contributed by atoms with van der Waals surface area (Å²) in [5.41, 5.74) is 6.31. The van der Waals surface area contributed by atoms with Gasteiger partial charge in [0.1, 0.15) is 0 Å². The normalized spacial score (nSPS) is 14.6. The lowest BCUT2D eigenvalue weighted by Gasteiger charge is -2.17.